The highest BCUT2D eigenvalue weighted by Crippen LogP contribution is 2.59. The number of benzene rings is 1. The summed E-state index contributed by atoms with van der Waals surface area (Å²) in [6.45, 7) is 11.6. The highest BCUT2D eigenvalue weighted by atomic mass is 16.5. The van der Waals surface area contributed by atoms with Crippen LogP contribution in [0.15, 0.2) is 24.3 Å². The van der Waals surface area contributed by atoms with Crippen LogP contribution in [0.4, 0.5) is 5.69 Å². The van der Waals surface area contributed by atoms with E-state index in [0.717, 1.165) is 0 Å². The van der Waals surface area contributed by atoms with Gasteiger partial charge in [-0.15, -0.1) is 0 Å². The van der Waals surface area contributed by atoms with Gasteiger partial charge in [0.05, 0.1) is 37.2 Å². The highest BCUT2D eigenvalue weighted by Gasteiger charge is 2.75. The van der Waals surface area contributed by atoms with E-state index < -0.39 is 41.2 Å². The zero-order valence-corrected chi connectivity index (χ0v) is 22.0. The van der Waals surface area contributed by atoms with E-state index in [-0.39, 0.29) is 30.2 Å². The van der Waals surface area contributed by atoms with Gasteiger partial charge >= 0.3 is 0 Å². The number of amides is 3. The zero-order valence-electron chi connectivity index (χ0n) is 22.0. The van der Waals surface area contributed by atoms with Crippen molar-refractivity contribution >= 4 is 23.4 Å². The third kappa shape index (κ3) is 4.47. The van der Waals surface area contributed by atoms with E-state index in [0.29, 0.717) is 30.9 Å². The van der Waals surface area contributed by atoms with Crippen LogP contribution in [0.1, 0.15) is 54.4 Å². The monoisotopic (exact) mass is 501 g/mol. The molecule has 2 bridgehead atoms. The van der Waals surface area contributed by atoms with Gasteiger partial charge in [0, 0.05) is 11.2 Å². The lowest BCUT2D eigenvalue weighted by Gasteiger charge is -2.39. The Morgan fingerprint density at radius 1 is 1.22 bits per heavy atom. The Bertz CT molecular complexity index is 1000. The van der Waals surface area contributed by atoms with Gasteiger partial charge in [0.2, 0.25) is 17.7 Å². The van der Waals surface area contributed by atoms with Gasteiger partial charge < -0.3 is 30.1 Å². The number of aliphatic hydroxyl groups is 1. The van der Waals surface area contributed by atoms with E-state index in [1.165, 1.54) is 4.90 Å². The Labute approximate surface area is 212 Å². The molecule has 198 valence electrons. The van der Waals surface area contributed by atoms with Crippen molar-refractivity contribution < 1.29 is 29.0 Å². The third-order valence-electron chi connectivity index (χ3n) is 7.53. The third-order valence-corrected chi connectivity index (χ3v) is 7.53. The lowest BCUT2D eigenvalue weighted by molar-refractivity contribution is -0.147. The normalized spacial score (nSPS) is 29.9. The molecule has 1 spiro atoms. The van der Waals surface area contributed by atoms with E-state index in [4.69, 9.17) is 9.47 Å². The molecule has 36 heavy (non-hydrogen) atoms. The maximum absolute atomic E-state index is 14.0. The van der Waals surface area contributed by atoms with Gasteiger partial charge in [0.1, 0.15) is 17.4 Å². The van der Waals surface area contributed by atoms with Crippen molar-refractivity contribution in [2.24, 2.45) is 17.8 Å². The maximum atomic E-state index is 14.0. The molecule has 3 amide bonds. The molecule has 3 aliphatic rings. The minimum Gasteiger partial charge on any atom is -0.494 e. The van der Waals surface area contributed by atoms with Gasteiger partial charge in [0.15, 0.2) is 0 Å². The van der Waals surface area contributed by atoms with E-state index in [2.05, 4.69) is 10.6 Å². The van der Waals surface area contributed by atoms with Crippen LogP contribution in [0.2, 0.25) is 0 Å². The first-order chi connectivity index (χ1) is 16.9. The van der Waals surface area contributed by atoms with Crippen LogP contribution in [-0.4, -0.2) is 70.3 Å². The van der Waals surface area contributed by atoms with Crippen LogP contribution in [-0.2, 0) is 19.1 Å². The summed E-state index contributed by atoms with van der Waals surface area (Å²) in [7, 11) is 0. The summed E-state index contributed by atoms with van der Waals surface area (Å²) in [5, 5.41) is 16.2. The van der Waals surface area contributed by atoms with Crippen LogP contribution in [0, 0.1) is 17.8 Å². The number of anilines is 1. The molecule has 0 radical (unpaired) electrons. The number of fused-ring (bicyclic) bond motifs is 1. The molecule has 2 unspecified atom stereocenters. The molecule has 1 aromatic rings. The van der Waals surface area contributed by atoms with Crippen molar-refractivity contribution in [2.75, 3.05) is 18.5 Å². The predicted molar refractivity (Wildman–Crippen MR) is 134 cm³/mol. The number of hydrogen-bond acceptors (Lipinski definition) is 6. The van der Waals surface area contributed by atoms with Crippen LogP contribution < -0.4 is 15.4 Å². The summed E-state index contributed by atoms with van der Waals surface area (Å²) in [5.41, 5.74) is -1.02. The average Bonchev–Trinajstić information content (AvgIpc) is 3.42. The molecule has 0 aromatic heterocycles. The van der Waals surface area contributed by atoms with Crippen molar-refractivity contribution in [3.63, 3.8) is 0 Å². The predicted octanol–water partition coefficient (Wildman–Crippen LogP) is 2.33. The highest BCUT2D eigenvalue weighted by molar-refractivity contribution is 6.02. The molecule has 4 rings (SSSR count). The largest absolute Gasteiger partial charge is 0.494 e. The van der Waals surface area contributed by atoms with E-state index in [1.807, 2.05) is 41.5 Å². The van der Waals surface area contributed by atoms with Crippen LogP contribution in [0.3, 0.4) is 0 Å². The van der Waals surface area contributed by atoms with Crippen LogP contribution >= 0.6 is 0 Å². The van der Waals surface area contributed by atoms with Crippen LogP contribution in [0.25, 0.3) is 0 Å². The topological polar surface area (TPSA) is 117 Å². The quantitative estimate of drug-likeness (QED) is 0.503. The van der Waals surface area contributed by atoms with E-state index >= 15 is 0 Å². The molecule has 9 nitrogen and oxygen atoms in total. The molecule has 3 heterocycles. The van der Waals surface area contributed by atoms with E-state index in [1.54, 1.807) is 24.3 Å². The molecule has 3 N–H and O–H groups in total. The first kappa shape index (κ1) is 26.4. The SMILES string of the molecule is CCOc1ccc(NC(=O)[C@@H]2[C@H]3C(=O)N([C@@H](CO)C(C)C)C(C(=O)NC(C)(C)C)C34CC[C@H]2O4)cc1. The summed E-state index contributed by atoms with van der Waals surface area (Å²) < 4.78 is 11.9. The summed E-state index contributed by atoms with van der Waals surface area (Å²) >= 11 is 0. The van der Waals surface area contributed by atoms with Crippen LogP contribution in [0.5, 0.6) is 5.75 Å². The lowest BCUT2D eigenvalue weighted by atomic mass is 9.70. The molecule has 0 saturated carbocycles. The second kappa shape index (κ2) is 9.67. The maximum Gasteiger partial charge on any atom is 0.246 e. The summed E-state index contributed by atoms with van der Waals surface area (Å²) in [6, 6.07) is 5.60. The summed E-state index contributed by atoms with van der Waals surface area (Å²) in [6.07, 6.45) is 0.653. The number of carbonyl (C=O) groups is 3. The van der Waals surface area contributed by atoms with E-state index in [9.17, 15) is 19.5 Å². The van der Waals surface area contributed by atoms with Gasteiger partial charge in [-0.05, 0) is 70.7 Å². The fraction of sp³-hybridized carbons (Fsp3) is 0.667. The van der Waals surface area contributed by atoms with Crippen molar-refractivity contribution in [2.45, 2.75) is 83.7 Å². The molecule has 9 heteroatoms. The number of likely N-dealkylation sites (tertiary alicyclic amines) is 1. The van der Waals surface area contributed by atoms with Crippen molar-refractivity contribution in [3.8, 4) is 5.75 Å². The smallest absolute Gasteiger partial charge is 0.246 e. The molecular weight excluding hydrogens is 462 g/mol. The van der Waals surface area contributed by atoms with Gasteiger partial charge in [-0.25, -0.2) is 0 Å². The fourth-order valence-corrected chi connectivity index (χ4v) is 6.13. The average molecular weight is 502 g/mol. The summed E-state index contributed by atoms with van der Waals surface area (Å²) in [4.78, 5) is 42.7. The Morgan fingerprint density at radius 2 is 1.89 bits per heavy atom. The Balaban J connectivity index is 1.67. The Morgan fingerprint density at radius 3 is 2.44 bits per heavy atom. The number of aliphatic hydroxyl groups excluding tert-OH is 1. The molecule has 3 aliphatic heterocycles. The number of carbonyl (C=O) groups excluding carboxylic acids is 3. The molecule has 6 atom stereocenters. The first-order valence-corrected chi connectivity index (χ1v) is 12.9. The second-order valence-corrected chi connectivity index (χ2v) is 11.5. The Hall–Kier alpha value is -2.65. The standard InChI is InChI=1S/C27H39N3O6/c1-7-35-17-10-8-16(9-11-17)28-23(32)20-19-12-13-27(36-19)21(20)25(34)30(18(14-31)15(2)3)22(27)24(33)29-26(4,5)6/h8-11,15,18-22,31H,7,12-14H2,1-6H3,(H,28,32)(H,29,33)/t18-,19+,20-,21-,22?,27?/m0/s1. The van der Waals surface area contributed by atoms with Crippen molar-refractivity contribution in [1.82, 2.24) is 10.2 Å². The fourth-order valence-electron chi connectivity index (χ4n) is 6.13. The Kier molecular flexibility index (Phi) is 7.09. The number of rotatable bonds is 8. The zero-order chi connectivity index (χ0) is 26.4. The molecule has 3 saturated heterocycles. The number of hydrogen-bond donors (Lipinski definition) is 3. The van der Waals surface area contributed by atoms with Gasteiger partial charge in [-0.3, -0.25) is 14.4 Å². The number of ether oxygens (including phenoxy) is 2. The molecule has 3 fully saturated rings. The number of nitrogens with one attached hydrogen (secondary N) is 2. The minimum atomic E-state index is -1.10. The summed E-state index contributed by atoms with van der Waals surface area (Å²) in [5.74, 6) is -1.81. The minimum absolute atomic E-state index is 0.0903. The van der Waals surface area contributed by atoms with Crippen molar-refractivity contribution in [1.29, 1.82) is 0 Å². The lowest BCUT2D eigenvalue weighted by Crippen LogP contribution is -2.61. The molecular formula is C27H39N3O6. The van der Waals surface area contributed by atoms with Crippen molar-refractivity contribution in [3.05, 3.63) is 24.3 Å². The van der Waals surface area contributed by atoms with Gasteiger partial charge in [-0.2, -0.15) is 0 Å². The molecule has 1 aromatic carbocycles. The second-order valence-electron chi connectivity index (χ2n) is 11.5. The van der Waals surface area contributed by atoms with Gasteiger partial charge in [-0.1, -0.05) is 13.8 Å². The number of nitrogens with zero attached hydrogens (tertiary/aromatic N) is 1. The van der Waals surface area contributed by atoms with Gasteiger partial charge in [0.25, 0.3) is 0 Å². The first-order valence-electron chi connectivity index (χ1n) is 12.9. The molecule has 0 aliphatic carbocycles.